The van der Waals surface area contributed by atoms with Crippen LogP contribution in [0.3, 0.4) is 0 Å². The first-order chi connectivity index (χ1) is 14.7. The molecule has 2 aromatic carbocycles. The van der Waals surface area contributed by atoms with Gasteiger partial charge in [0.2, 0.25) is 5.91 Å². The van der Waals surface area contributed by atoms with E-state index < -0.39 is 0 Å². The molecule has 0 saturated carbocycles. The van der Waals surface area contributed by atoms with Gasteiger partial charge in [-0.25, -0.2) is 0 Å². The third kappa shape index (κ3) is 6.69. The number of methoxy groups -OCH3 is 1. The fourth-order valence-corrected chi connectivity index (χ4v) is 4.22. The molecule has 6 nitrogen and oxygen atoms in total. The molecule has 2 amide bonds. The second-order valence-corrected chi connectivity index (χ2v) is 8.24. The van der Waals surface area contributed by atoms with Gasteiger partial charge in [0.05, 0.1) is 12.9 Å². The minimum atomic E-state index is -0.177. The number of carbonyl (C=O) groups is 2. The van der Waals surface area contributed by atoms with Crippen molar-refractivity contribution in [3.8, 4) is 11.5 Å². The zero-order valence-corrected chi connectivity index (χ0v) is 18.0. The van der Waals surface area contributed by atoms with Crippen molar-refractivity contribution in [2.75, 3.05) is 39.1 Å². The molecule has 0 spiro atoms. The van der Waals surface area contributed by atoms with Gasteiger partial charge in [-0.15, -0.1) is 11.8 Å². The van der Waals surface area contributed by atoms with Crippen LogP contribution in [-0.4, -0.2) is 55.8 Å². The summed E-state index contributed by atoms with van der Waals surface area (Å²) in [6.07, 6.45) is 1.96. The third-order valence-electron chi connectivity index (χ3n) is 4.99. The monoisotopic (exact) mass is 428 g/mol. The number of piperidine rings is 1. The van der Waals surface area contributed by atoms with Gasteiger partial charge < -0.3 is 19.7 Å². The average molecular weight is 429 g/mol. The number of thioether (sulfide) groups is 1. The van der Waals surface area contributed by atoms with Crippen molar-refractivity contribution >= 4 is 23.6 Å². The molecule has 1 N–H and O–H groups in total. The number of rotatable bonds is 9. The van der Waals surface area contributed by atoms with Crippen LogP contribution in [0.5, 0.6) is 11.5 Å². The number of para-hydroxylation sites is 2. The number of benzene rings is 2. The van der Waals surface area contributed by atoms with Gasteiger partial charge in [-0.3, -0.25) is 9.59 Å². The van der Waals surface area contributed by atoms with Gasteiger partial charge in [-0.2, -0.15) is 0 Å². The Morgan fingerprint density at radius 3 is 2.60 bits per heavy atom. The van der Waals surface area contributed by atoms with Crippen molar-refractivity contribution in [3.63, 3.8) is 0 Å². The molecule has 3 rings (SSSR count). The summed E-state index contributed by atoms with van der Waals surface area (Å²) in [5.74, 6) is 1.82. The molecule has 1 saturated heterocycles. The summed E-state index contributed by atoms with van der Waals surface area (Å²) in [4.78, 5) is 27.8. The lowest BCUT2D eigenvalue weighted by Gasteiger charge is -2.33. The van der Waals surface area contributed by atoms with Crippen LogP contribution in [0.2, 0.25) is 0 Å². The molecule has 0 aromatic heterocycles. The Hall–Kier alpha value is -2.67. The Morgan fingerprint density at radius 2 is 1.83 bits per heavy atom. The van der Waals surface area contributed by atoms with Crippen LogP contribution in [0.15, 0.2) is 59.5 Å². The van der Waals surface area contributed by atoms with E-state index in [2.05, 4.69) is 5.32 Å². The van der Waals surface area contributed by atoms with Crippen molar-refractivity contribution in [3.05, 3.63) is 54.6 Å². The Kier molecular flexibility index (Phi) is 8.44. The van der Waals surface area contributed by atoms with Crippen LogP contribution >= 0.6 is 11.8 Å². The summed E-state index contributed by atoms with van der Waals surface area (Å²) in [5, 5.41) is 2.93. The molecule has 160 valence electrons. The lowest BCUT2D eigenvalue weighted by Crippen LogP contribution is -2.44. The maximum absolute atomic E-state index is 12.6. The van der Waals surface area contributed by atoms with Crippen molar-refractivity contribution in [1.82, 2.24) is 10.2 Å². The molecule has 7 heteroatoms. The summed E-state index contributed by atoms with van der Waals surface area (Å²) in [5.41, 5.74) is 0. The van der Waals surface area contributed by atoms with E-state index >= 15 is 0 Å². The first-order valence-electron chi connectivity index (χ1n) is 10.1. The highest BCUT2D eigenvalue weighted by Crippen LogP contribution is 2.25. The number of ether oxygens (including phenoxy) is 2. The molecule has 1 heterocycles. The van der Waals surface area contributed by atoms with Gasteiger partial charge in [0.25, 0.3) is 5.91 Å². The van der Waals surface area contributed by atoms with Crippen molar-refractivity contribution in [1.29, 1.82) is 0 Å². The molecule has 1 aliphatic heterocycles. The molecule has 1 unspecified atom stereocenters. The number of hydrogen-bond donors (Lipinski definition) is 1. The van der Waals surface area contributed by atoms with E-state index in [0.717, 1.165) is 24.3 Å². The molecule has 1 atom stereocenters. The number of nitrogens with zero attached hydrogens (tertiary/aromatic N) is 1. The fraction of sp³-hybridized carbons (Fsp3) is 0.391. The van der Waals surface area contributed by atoms with Crippen LogP contribution in [0, 0.1) is 5.92 Å². The number of amides is 2. The van der Waals surface area contributed by atoms with Crippen LogP contribution in [-0.2, 0) is 9.59 Å². The van der Waals surface area contributed by atoms with Gasteiger partial charge >= 0.3 is 0 Å². The topological polar surface area (TPSA) is 67.9 Å². The van der Waals surface area contributed by atoms with E-state index in [1.54, 1.807) is 31.0 Å². The number of hydrogen-bond acceptors (Lipinski definition) is 5. The standard InChI is InChI=1S/C23H28N2O4S/c1-28-20-11-5-6-12-21(20)29-16-22(26)24-14-18-8-7-13-25(15-18)23(27)17-30-19-9-3-2-4-10-19/h2-6,9-12,18H,7-8,13-17H2,1H3,(H,24,26). The van der Waals surface area contributed by atoms with E-state index in [-0.39, 0.29) is 24.3 Å². The predicted molar refractivity (Wildman–Crippen MR) is 118 cm³/mol. The third-order valence-corrected chi connectivity index (χ3v) is 5.99. The van der Waals surface area contributed by atoms with E-state index in [9.17, 15) is 9.59 Å². The van der Waals surface area contributed by atoms with E-state index in [1.807, 2.05) is 47.4 Å². The zero-order valence-electron chi connectivity index (χ0n) is 17.2. The number of carbonyl (C=O) groups excluding carboxylic acids is 2. The quantitative estimate of drug-likeness (QED) is 0.621. The SMILES string of the molecule is COc1ccccc1OCC(=O)NCC1CCCN(C(=O)CSc2ccccc2)C1. The normalized spacial score (nSPS) is 16.0. The zero-order chi connectivity index (χ0) is 21.2. The Morgan fingerprint density at radius 1 is 1.10 bits per heavy atom. The number of nitrogens with one attached hydrogen (secondary N) is 1. The fourth-order valence-electron chi connectivity index (χ4n) is 3.40. The maximum Gasteiger partial charge on any atom is 0.257 e. The lowest BCUT2D eigenvalue weighted by molar-refractivity contribution is -0.130. The summed E-state index contributed by atoms with van der Waals surface area (Å²) < 4.78 is 10.8. The van der Waals surface area contributed by atoms with Crippen molar-refractivity contribution in [2.45, 2.75) is 17.7 Å². The lowest BCUT2D eigenvalue weighted by atomic mass is 9.98. The molecule has 0 aliphatic carbocycles. The maximum atomic E-state index is 12.6. The first-order valence-corrected chi connectivity index (χ1v) is 11.1. The summed E-state index contributed by atoms with van der Waals surface area (Å²) >= 11 is 1.56. The smallest absolute Gasteiger partial charge is 0.257 e. The van der Waals surface area contributed by atoms with Crippen LogP contribution < -0.4 is 14.8 Å². The molecule has 0 bridgehead atoms. The van der Waals surface area contributed by atoms with Gasteiger partial charge in [-0.05, 0) is 43.0 Å². The Labute approximate surface area is 181 Å². The highest BCUT2D eigenvalue weighted by molar-refractivity contribution is 8.00. The predicted octanol–water partition coefficient (Wildman–Crippen LogP) is 3.22. The van der Waals surface area contributed by atoms with Gasteiger partial charge in [-0.1, -0.05) is 30.3 Å². The molecular formula is C23H28N2O4S. The summed E-state index contributed by atoms with van der Waals surface area (Å²) in [6.45, 7) is 1.95. The molecule has 1 aliphatic rings. The van der Waals surface area contributed by atoms with Gasteiger partial charge in [0.15, 0.2) is 18.1 Å². The van der Waals surface area contributed by atoms with E-state index in [4.69, 9.17) is 9.47 Å². The molecule has 2 aromatic rings. The first kappa shape index (κ1) is 22.0. The van der Waals surface area contributed by atoms with Crippen molar-refractivity contribution in [2.24, 2.45) is 5.92 Å². The molecule has 1 fully saturated rings. The second kappa shape index (κ2) is 11.5. The largest absolute Gasteiger partial charge is 0.493 e. The van der Waals surface area contributed by atoms with E-state index in [0.29, 0.717) is 30.3 Å². The Bertz CT molecular complexity index is 831. The highest BCUT2D eigenvalue weighted by atomic mass is 32.2. The second-order valence-electron chi connectivity index (χ2n) is 7.19. The van der Waals surface area contributed by atoms with Gasteiger partial charge in [0.1, 0.15) is 0 Å². The summed E-state index contributed by atoms with van der Waals surface area (Å²) in [7, 11) is 1.57. The minimum absolute atomic E-state index is 0.0660. The Balaban J connectivity index is 1.39. The minimum Gasteiger partial charge on any atom is -0.493 e. The van der Waals surface area contributed by atoms with Crippen molar-refractivity contribution < 1.29 is 19.1 Å². The average Bonchev–Trinajstić information content (AvgIpc) is 2.80. The molecule has 30 heavy (non-hydrogen) atoms. The van der Waals surface area contributed by atoms with Crippen LogP contribution in [0.4, 0.5) is 0 Å². The number of likely N-dealkylation sites (tertiary alicyclic amines) is 1. The highest BCUT2D eigenvalue weighted by Gasteiger charge is 2.24. The van der Waals surface area contributed by atoms with Gasteiger partial charge in [0, 0.05) is 24.5 Å². The van der Waals surface area contributed by atoms with Crippen LogP contribution in [0.25, 0.3) is 0 Å². The van der Waals surface area contributed by atoms with Crippen LogP contribution in [0.1, 0.15) is 12.8 Å². The molecule has 0 radical (unpaired) electrons. The molecular weight excluding hydrogens is 400 g/mol. The summed E-state index contributed by atoms with van der Waals surface area (Å²) in [6, 6.07) is 17.2. The van der Waals surface area contributed by atoms with E-state index in [1.165, 1.54) is 0 Å².